The molecule has 0 bridgehead atoms. The Hall–Kier alpha value is -2.78. The summed E-state index contributed by atoms with van der Waals surface area (Å²) in [5, 5.41) is 29.9. The normalized spacial score (nSPS) is 25.7. The van der Waals surface area contributed by atoms with E-state index in [1.165, 1.54) is 24.3 Å². The maximum atomic E-state index is 12.2. The molecule has 2 aromatic carbocycles. The van der Waals surface area contributed by atoms with Crippen LogP contribution in [0, 0.1) is 0 Å². The molecule has 1 heterocycles. The van der Waals surface area contributed by atoms with E-state index < -0.39 is 36.6 Å². The number of ether oxygens (including phenoxy) is 2. The number of hydrogen-bond acceptors (Lipinski definition) is 8. The third kappa shape index (κ3) is 3.58. The highest BCUT2D eigenvalue weighted by Crippen LogP contribution is 2.27. The SMILES string of the molecule is O=C(O[C@@H]1[C@@H](OC(=O)c2ccccc2)[C@@H](O)N(O)[C@@H]1O)c1ccccc1. The molecule has 2 aromatic rings. The van der Waals surface area contributed by atoms with E-state index in [4.69, 9.17) is 9.47 Å². The molecule has 1 fully saturated rings. The van der Waals surface area contributed by atoms with Gasteiger partial charge in [0.25, 0.3) is 0 Å². The molecule has 1 saturated heterocycles. The maximum absolute atomic E-state index is 12.2. The lowest BCUT2D eigenvalue weighted by molar-refractivity contribution is -0.250. The van der Waals surface area contributed by atoms with E-state index in [9.17, 15) is 25.0 Å². The number of rotatable bonds is 4. The van der Waals surface area contributed by atoms with Crippen LogP contribution in [-0.2, 0) is 9.47 Å². The number of benzene rings is 2. The minimum absolute atomic E-state index is 0.173. The van der Waals surface area contributed by atoms with Crippen molar-refractivity contribution >= 4 is 11.9 Å². The first-order valence-electron chi connectivity index (χ1n) is 7.84. The third-order valence-electron chi connectivity index (χ3n) is 3.96. The fraction of sp³-hybridized carbons (Fsp3) is 0.222. The Morgan fingerprint density at radius 3 is 1.42 bits per heavy atom. The smallest absolute Gasteiger partial charge is 0.338 e. The number of hydrogen-bond donors (Lipinski definition) is 3. The van der Waals surface area contributed by atoms with E-state index in [0.717, 1.165) is 0 Å². The molecular formula is C18H17NO7. The quantitative estimate of drug-likeness (QED) is 0.686. The van der Waals surface area contributed by atoms with Gasteiger partial charge in [0, 0.05) is 0 Å². The van der Waals surface area contributed by atoms with Gasteiger partial charge in [-0.3, -0.25) is 0 Å². The second kappa shape index (κ2) is 7.63. The van der Waals surface area contributed by atoms with Crippen LogP contribution in [0.3, 0.4) is 0 Å². The zero-order valence-electron chi connectivity index (χ0n) is 13.5. The van der Waals surface area contributed by atoms with E-state index in [1.54, 1.807) is 36.4 Å². The van der Waals surface area contributed by atoms with Crippen LogP contribution in [0.5, 0.6) is 0 Å². The van der Waals surface area contributed by atoms with Crippen molar-refractivity contribution in [2.24, 2.45) is 0 Å². The largest absolute Gasteiger partial charge is 0.450 e. The minimum atomic E-state index is -1.76. The van der Waals surface area contributed by atoms with Crippen LogP contribution in [-0.4, -0.2) is 57.1 Å². The van der Waals surface area contributed by atoms with Crippen LogP contribution in [0.15, 0.2) is 60.7 Å². The van der Waals surface area contributed by atoms with Crippen molar-refractivity contribution in [1.29, 1.82) is 0 Å². The second-order valence-electron chi connectivity index (χ2n) is 5.68. The number of carbonyl (C=O) groups excluding carboxylic acids is 2. The fourth-order valence-electron chi connectivity index (χ4n) is 2.58. The number of nitrogens with zero attached hydrogens (tertiary/aromatic N) is 1. The predicted octanol–water partition coefficient (Wildman–Crippen LogP) is 0.779. The zero-order valence-corrected chi connectivity index (χ0v) is 13.5. The topological polar surface area (TPSA) is 117 Å². The van der Waals surface area contributed by atoms with Gasteiger partial charge in [-0.2, -0.15) is 0 Å². The van der Waals surface area contributed by atoms with Crippen LogP contribution in [0.25, 0.3) is 0 Å². The molecular weight excluding hydrogens is 342 g/mol. The molecule has 3 rings (SSSR count). The molecule has 0 amide bonds. The Bertz CT molecular complexity index is 702. The summed E-state index contributed by atoms with van der Waals surface area (Å²) in [5.41, 5.74) is 0.414. The summed E-state index contributed by atoms with van der Waals surface area (Å²) in [7, 11) is 0. The highest BCUT2D eigenvalue weighted by atomic mass is 16.6. The van der Waals surface area contributed by atoms with Gasteiger partial charge in [-0.25, -0.2) is 9.59 Å². The molecule has 0 aromatic heterocycles. The summed E-state index contributed by atoms with van der Waals surface area (Å²) in [6, 6.07) is 15.9. The highest BCUT2D eigenvalue weighted by molar-refractivity contribution is 5.90. The van der Waals surface area contributed by atoms with Crippen LogP contribution >= 0.6 is 0 Å². The Morgan fingerprint density at radius 2 is 1.08 bits per heavy atom. The van der Waals surface area contributed by atoms with Gasteiger partial charge < -0.3 is 24.9 Å². The van der Waals surface area contributed by atoms with Crippen molar-refractivity contribution in [2.75, 3.05) is 0 Å². The van der Waals surface area contributed by atoms with E-state index >= 15 is 0 Å². The average molecular weight is 359 g/mol. The first-order chi connectivity index (χ1) is 12.5. The van der Waals surface area contributed by atoms with Crippen LogP contribution in [0.2, 0.25) is 0 Å². The lowest BCUT2D eigenvalue weighted by atomic mass is 10.2. The molecule has 1 aliphatic rings. The zero-order chi connectivity index (χ0) is 18.7. The van der Waals surface area contributed by atoms with Gasteiger partial charge in [0.2, 0.25) is 0 Å². The molecule has 0 spiro atoms. The van der Waals surface area contributed by atoms with Gasteiger partial charge in [0.05, 0.1) is 11.1 Å². The maximum Gasteiger partial charge on any atom is 0.338 e. The van der Waals surface area contributed by atoms with Crippen molar-refractivity contribution in [1.82, 2.24) is 5.06 Å². The Balaban J connectivity index is 1.77. The molecule has 136 valence electrons. The lowest BCUT2D eigenvalue weighted by Crippen LogP contribution is -2.40. The molecule has 0 unspecified atom stereocenters. The van der Waals surface area contributed by atoms with Gasteiger partial charge in [-0.05, 0) is 24.3 Å². The fourth-order valence-corrected chi connectivity index (χ4v) is 2.58. The summed E-state index contributed by atoms with van der Waals surface area (Å²) in [5.74, 6) is -1.59. The standard InChI is InChI=1S/C18H17NO7/c20-15-13(25-17(22)11-7-3-1-4-8-11)14(16(21)19(15)24)26-18(23)12-9-5-2-6-10-12/h1-10,13-16,20-21,24H/t13-,14-,15-,16-/m1/s1. The van der Waals surface area contributed by atoms with Crippen molar-refractivity contribution in [3.8, 4) is 0 Å². The molecule has 8 heteroatoms. The van der Waals surface area contributed by atoms with Gasteiger partial charge in [0.15, 0.2) is 24.7 Å². The van der Waals surface area contributed by atoms with Crippen molar-refractivity contribution in [3.63, 3.8) is 0 Å². The molecule has 0 aliphatic carbocycles. The molecule has 3 N–H and O–H groups in total. The van der Waals surface area contributed by atoms with E-state index in [2.05, 4.69) is 0 Å². The van der Waals surface area contributed by atoms with Gasteiger partial charge >= 0.3 is 11.9 Å². The summed E-state index contributed by atoms with van der Waals surface area (Å²) in [6.07, 6.45) is -6.47. The van der Waals surface area contributed by atoms with Crippen LogP contribution in [0.1, 0.15) is 20.7 Å². The second-order valence-corrected chi connectivity index (χ2v) is 5.68. The molecule has 26 heavy (non-hydrogen) atoms. The van der Waals surface area contributed by atoms with Crippen molar-refractivity contribution in [2.45, 2.75) is 24.7 Å². The number of esters is 2. The summed E-state index contributed by atoms with van der Waals surface area (Å²) < 4.78 is 10.3. The third-order valence-corrected chi connectivity index (χ3v) is 3.96. The Morgan fingerprint density at radius 1 is 0.731 bits per heavy atom. The summed E-state index contributed by atoms with van der Waals surface area (Å²) >= 11 is 0. The monoisotopic (exact) mass is 359 g/mol. The van der Waals surface area contributed by atoms with Crippen molar-refractivity contribution < 1.29 is 34.5 Å². The molecule has 8 nitrogen and oxygen atoms in total. The lowest BCUT2D eigenvalue weighted by Gasteiger charge is -2.22. The van der Waals surface area contributed by atoms with E-state index in [-0.39, 0.29) is 16.2 Å². The minimum Gasteiger partial charge on any atom is -0.450 e. The molecule has 0 radical (unpaired) electrons. The van der Waals surface area contributed by atoms with Gasteiger partial charge in [-0.15, -0.1) is 5.06 Å². The molecule has 0 saturated carbocycles. The van der Waals surface area contributed by atoms with Gasteiger partial charge in [-0.1, -0.05) is 36.4 Å². The van der Waals surface area contributed by atoms with Crippen LogP contribution in [0.4, 0.5) is 0 Å². The number of carbonyl (C=O) groups is 2. The van der Waals surface area contributed by atoms with Crippen molar-refractivity contribution in [3.05, 3.63) is 71.8 Å². The van der Waals surface area contributed by atoms with Gasteiger partial charge in [0.1, 0.15) is 0 Å². The number of hydroxylamine groups is 2. The highest BCUT2D eigenvalue weighted by Gasteiger charge is 2.52. The summed E-state index contributed by atoms with van der Waals surface area (Å²) in [4.78, 5) is 24.4. The van der Waals surface area contributed by atoms with E-state index in [0.29, 0.717) is 0 Å². The first kappa shape index (κ1) is 18.0. The van der Waals surface area contributed by atoms with Crippen LogP contribution < -0.4 is 0 Å². The molecule has 1 aliphatic heterocycles. The Kier molecular flexibility index (Phi) is 5.29. The Labute approximate surface area is 148 Å². The number of aliphatic hydroxyl groups excluding tert-OH is 2. The van der Waals surface area contributed by atoms with E-state index in [1.807, 2.05) is 0 Å². The summed E-state index contributed by atoms with van der Waals surface area (Å²) in [6.45, 7) is 0. The molecule has 4 atom stereocenters. The number of aliphatic hydroxyl groups is 2. The first-order valence-corrected chi connectivity index (χ1v) is 7.84. The predicted molar refractivity (Wildman–Crippen MR) is 86.9 cm³/mol. The average Bonchev–Trinajstić information content (AvgIpc) is 2.87.